The van der Waals surface area contributed by atoms with Gasteiger partial charge in [0.2, 0.25) is 0 Å². The van der Waals surface area contributed by atoms with Gasteiger partial charge in [0.05, 0.1) is 12.3 Å². The topological polar surface area (TPSA) is 39.2 Å². The van der Waals surface area contributed by atoms with Gasteiger partial charge in [0, 0.05) is 15.9 Å². The van der Waals surface area contributed by atoms with Crippen LogP contribution in [0.2, 0.25) is 0 Å². The largest absolute Gasteiger partial charge is 0.465 e. The van der Waals surface area contributed by atoms with Crippen LogP contribution in [0.3, 0.4) is 0 Å². The fraction of sp³-hybridized carbons (Fsp3) is 0.733. The van der Waals surface area contributed by atoms with Crippen LogP contribution in [0.15, 0.2) is 0 Å². The lowest BCUT2D eigenvalue weighted by Crippen LogP contribution is -2.14. The summed E-state index contributed by atoms with van der Waals surface area (Å²) in [5.41, 5.74) is 1.01. The van der Waals surface area contributed by atoms with Gasteiger partial charge in [-0.15, -0.1) is 11.3 Å². The van der Waals surface area contributed by atoms with E-state index in [9.17, 15) is 4.79 Å². The molecule has 3 nitrogen and oxygen atoms in total. The highest BCUT2D eigenvalue weighted by molar-refractivity contribution is 7.99. The third-order valence-electron chi connectivity index (χ3n) is 4.08. The molecule has 0 radical (unpaired) electrons. The number of rotatable bonds is 5. The fourth-order valence-corrected chi connectivity index (χ4v) is 5.55. The minimum atomic E-state index is -0.105. The lowest BCUT2D eigenvalue weighted by Gasteiger charge is -2.08. The van der Waals surface area contributed by atoms with E-state index in [1.165, 1.54) is 35.6 Å². The van der Waals surface area contributed by atoms with Gasteiger partial charge in [0.15, 0.2) is 0 Å². The Morgan fingerprint density at radius 2 is 2.20 bits per heavy atom. The zero-order valence-electron chi connectivity index (χ0n) is 11.9. The van der Waals surface area contributed by atoms with Crippen LogP contribution >= 0.6 is 23.1 Å². The van der Waals surface area contributed by atoms with Gasteiger partial charge in [0.1, 0.15) is 10.9 Å². The van der Waals surface area contributed by atoms with Crippen molar-refractivity contribution in [1.29, 1.82) is 0 Å². The van der Waals surface area contributed by atoms with Crippen molar-refractivity contribution in [3.8, 4) is 0 Å². The van der Waals surface area contributed by atoms with E-state index in [-0.39, 0.29) is 11.9 Å². The van der Waals surface area contributed by atoms with Gasteiger partial charge >= 0.3 is 5.97 Å². The summed E-state index contributed by atoms with van der Waals surface area (Å²) in [5, 5.41) is 2.02. The molecule has 2 aliphatic carbocycles. The predicted octanol–water partition coefficient (Wildman–Crippen LogP) is 3.91. The lowest BCUT2D eigenvalue weighted by atomic mass is 10.1. The molecular formula is C15H21NO2S2. The van der Waals surface area contributed by atoms with Crippen molar-refractivity contribution < 1.29 is 9.53 Å². The summed E-state index contributed by atoms with van der Waals surface area (Å²) < 4.78 is 5.15. The molecule has 0 aromatic carbocycles. The van der Waals surface area contributed by atoms with Crippen LogP contribution in [-0.4, -0.2) is 22.8 Å². The number of thioether (sulfide) groups is 1. The third kappa shape index (κ3) is 3.03. The van der Waals surface area contributed by atoms with Crippen molar-refractivity contribution in [2.75, 3.05) is 6.61 Å². The number of carbonyl (C=O) groups excluding carboxylic acids is 1. The van der Waals surface area contributed by atoms with E-state index in [0.717, 1.165) is 29.5 Å². The first kappa shape index (κ1) is 14.4. The molecule has 1 heterocycles. The molecule has 2 aliphatic rings. The molecule has 0 amide bonds. The van der Waals surface area contributed by atoms with Crippen molar-refractivity contribution in [2.45, 2.75) is 62.4 Å². The summed E-state index contributed by atoms with van der Waals surface area (Å²) in [6.07, 6.45) is 7.37. The third-order valence-corrected chi connectivity index (χ3v) is 6.77. The maximum atomic E-state index is 11.9. The smallest absolute Gasteiger partial charge is 0.315 e. The Bertz CT molecular complexity index is 480. The summed E-state index contributed by atoms with van der Waals surface area (Å²) in [6, 6.07) is 0. The first-order valence-electron chi connectivity index (χ1n) is 7.54. The predicted molar refractivity (Wildman–Crippen MR) is 83.4 cm³/mol. The van der Waals surface area contributed by atoms with Crippen LogP contribution in [0.5, 0.6) is 0 Å². The minimum Gasteiger partial charge on any atom is -0.465 e. The second kappa shape index (κ2) is 6.48. The van der Waals surface area contributed by atoms with Crippen LogP contribution in [0.4, 0.5) is 0 Å². The van der Waals surface area contributed by atoms with E-state index in [0.29, 0.717) is 6.61 Å². The van der Waals surface area contributed by atoms with E-state index < -0.39 is 0 Å². The van der Waals surface area contributed by atoms with E-state index in [1.54, 1.807) is 11.3 Å². The summed E-state index contributed by atoms with van der Waals surface area (Å²) in [7, 11) is 0. The average Bonchev–Trinajstić information content (AvgIpc) is 3.13. The lowest BCUT2D eigenvalue weighted by molar-refractivity contribution is -0.145. The number of nitrogens with zero attached hydrogens (tertiary/aromatic N) is 1. The first-order chi connectivity index (χ1) is 9.78. The van der Waals surface area contributed by atoms with E-state index >= 15 is 0 Å². The van der Waals surface area contributed by atoms with Crippen LogP contribution in [0.25, 0.3) is 0 Å². The number of fused-ring (bicyclic) bond motifs is 1. The summed E-state index contributed by atoms with van der Waals surface area (Å²) in [4.78, 5) is 18.0. The van der Waals surface area contributed by atoms with Gasteiger partial charge < -0.3 is 4.74 Å². The Labute approximate surface area is 128 Å². The number of aryl methyl sites for hydroxylation is 1. The molecule has 1 aromatic rings. The minimum absolute atomic E-state index is 0.0912. The molecule has 1 fully saturated rings. The monoisotopic (exact) mass is 311 g/mol. The number of ether oxygens (including phenoxy) is 1. The molecule has 1 saturated carbocycles. The number of esters is 1. The Kier molecular flexibility index (Phi) is 4.66. The van der Waals surface area contributed by atoms with Gasteiger partial charge in [0.25, 0.3) is 0 Å². The highest BCUT2D eigenvalue weighted by Crippen LogP contribution is 2.39. The SMILES string of the molecule is CCOC(=O)C1CCc2sc(CSC3CCCC3)nc21. The van der Waals surface area contributed by atoms with E-state index in [1.807, 2.05) is 18.7 Å². The molecule has 0 bridgehead atoms. The first-order valence-corrected chi connectivity index (χ1v) is 9.41. The molecule has 3 rings (SSSR count). The fourth-order valence-electron chi connectivity index (χ4n) is 3.06. The average molecular weight is 311 g/mol. The quantitative estimate of drug-likeness (QED) is 0.773. The second-order valence-electron chi connectivity index (χ2n) is 5.48. The Morgan fingerprint density at radius 3 is 2.95 bits per heavy atom. The maximum absolute atomic E-state index is 11.9. The Morgan fingerprint density at radius 1 is 1.40 bits per heavy atom. The van der Waals surface area contributed by atoms with Crippen molar-refractivity contribution >= 4 is 29.1 Å². The van der Waals surface area contributed by atoms with Crippen LogP contribution in [0, 0.1) is 0 Å². The van der Waals surface area contributed by atoms with Gasteiger partial charge in [-0.05, 0) is 32.6 Å². The van der Waals surface area contributed by atoms with Crippen molar-refractivity contribution in [3.05, 3.63) is 15.6 Å². The van der Waals surface area contributed by atoms with Crippen molar-refractivity contribution in [1.82, 2.24) is 4.98 Å². The number of hydrogen-bond donors (Lipinski definition) is 0. The molecule has 1 aromatic heterocycles. The highest BCUT2D eigenvalue weighted by Gasteiger charge is 2.33. The molecule has 0 saturated heterocycles. The van der Waals surface area contributed by atoms with Gasteiger partial charge in [-0.2, -0.15) is 11.8 Å². The zero-order chi connectivity index (χ0) is 13.9. The summed E-state index contributed by atoms with van der Waals surface area (Å²) in [6.45, 7) is 2.32. The number of carbonyl (C=O) groups is 1. The molecule has 1 unspecified atom stereocenters. The molecule has 110 valence electrons. The number of thiazole rings is 1. The number of hydrogen-bond acceptors (Lipinski definition) is 5. The standard InChI is InChI=1S/C15H21NO2S2/c1-2-18-15(17)11-7-8-12-14(11)16-13(20-12)9-19-10-5-3-4-6-10/h10-11H,2-9H2,1H3. The molecule has 0 aliphatic heterocycles. The van der Waals surface area contributed by atoms with Gasteiger partial charge in [-0.3, -0.25) is 4.79 Å². The summed E-state index contributed by atoms with van der Waals surface area (Å²) in [5.74, 6) is 0.815. The molecule has 1 atom stereocenters. The maximum Gasteiger partial charge on any atom is 0.315 e. The van der Waals surface area contributed by atoms with Gasteiger partial charge in [-0.25, -0.2) is 4.98 Å². The van der Waals surface area contributed by atoms with Crippen molar-refractivity contribution in [3.63, 3.8) is 0 Å². The van der Waals surface area contributed by atoms with E-state index in [4.69, 9.17) is 9.72 Å². The normalized spacial score (nSPS) is 22.1. The zero-order valence-corrected chi connectivity index (χ0v) is 13.5. The number of aromatic nitrogens is 1. The molecule has 0 spiro atoms. The summed E-state index contributed by atoms with van der Waals surface area (Å²) >= 11 is 3.85. The van der Waals surface area contributed by atoms with Crippen LogP contribution in [-0.2, 0) is 21.7 Å². The molecular weight excluding hydrogens is 290 g/mol. The van der Waals surface area contributed by atoms with E-state index in [2.05, 4.69) is 0 Å². The van der Waals surface area contributed by atoms with Crippen LogP contribution < -0.4 is 0 Å². The Hall–Kier alpha value is -0.550. The van der Waals surface area contributed by atoms with Crippen LogP contribution in [0.1, 0.15) is 60.5 Å². The van der Waals surface area contributed by atoms with Crippen molar-refractivity contribution in [2.24, 2.45) is 0 Å². The molecule has 20 heavy (non-hydrogen) atoms. The molecule has 5 heteroatoms. The Balaban J connectivity index is 1.62. The highest BCUT2D eigenvalue weighted by atomic mass is 32.2. The van der Waals surface area contributed by atoms with Gasteiger partial charge in [-0.1, -0.05) is 12.8 Å². The second-order valence-corrected chi connectivity index (χ2v) is 7.93. The molecule has 0 N–H and O–H groups in total.